The van der Waals surface area contributed by atoms with Crippen molar-refractivity contribution in [2.45, 2.75) is 77.9 Å². The number of rotatable bonds is 12. The molecule has 0 heterocycles. The molecule has 1 rings (SSSR count). The zero-order valence-corrected chi connectivity index (χ0v) is 19.7. The molecule has 0 unspecified atom stereocenters. The average molecular weight is 415 g/mol. The Bertz CT molecular complexity index is 641. The second-order valence-electron chi connectivity index (χ2n) is 7.99. The monoisotopic (exact) mass is 414 g/mol. The quantitative estimate of drug-likeness (QED) is 0.396. The summed E-state index contributed by atoms with van der Waals surface area (Å²) in [5.74, 6) is 0.454. The van der Waals surface area contributed by atoms with Crippen molar-refractivity contribution >= 4 is 43.1 Å². The first-order valence-corrected chi connectivity index (χ1v) is 11.2. The van der Waals surface area contributed by atoms with Gasteiger partial charge in [-0.3, -0.25) is 0 Å². The van der Waals surface area contributed by atoms with Crippen LogP contribution in [0, 0.1) is 0 Å². The second kappa shape index (κ2) is 13.6. The van der Waals surface area contributed by atoms with Crippen LogP contribution in [-0.2, 0) is 9.53 Å². The Morgan fingerprint density at radius 1 is 1.07 bits per heavy atom. The molecule has 0 radical (unpaired) electrons. The summed E-state index contributed by atoms with van der Waals surface area (Å²) in [6.07, 6.45) is 6.73. The Morgan fingerprint density at radius 2 is 1.69 bits per heavy atom. The Morgan fingerprint density at radius 3 is 2.28 bits per heavy atom. The van der Waals surface area contributed by atoms with Gasteiger partial charge in [0.15, 0.2) is 0 Å². The van der Waals surface area contributed by atoms with Crippen LogP contribution in [0.15, 0.2) is 24.3 Å². The molecule has 0 aromatic heterocycles. The summed E-state index contributed by atoms with van der Waals surface area (Å²) in [6, 6.07) is 6.47. The molecule has 29 heavy (non-hydrogen) atoms. The van der Waals surface area contributed by atoms with Crippen LogP contribution in [0.5, 0.6) is 5.75 Å². The fourth-order valence-electron chi connectivity index (χ4n) is 2.59. The molecule has 0 spiro atoms. The summed E-state index contributed by atoms with van der Waals surface area (Å²) >= 11 is 1.50. The van der Waals surface area contributed by atoms with Gasteiger partial charge in [-0.25, -0.2) is 0 Å². The third-order valence-electron chi connectivity index (χ3n) is 4.08. The predicted octanol–water partition coefficient (Wildman–Crippen LogP) is 4.23. The normalized spacial score (nSPS) is 12.1. The Kier molecular flexibility index (Phi) is 11.9. The Labute approximate surface area is 187 Å². The number of ether oxygens (including phenoxy) is 2. The van der Waals surface area contributed by atoms with Gasteiger partial charge in [-0.05, 0) is 0 Å². The summed E-state index contributed by atoms with van der Waals surface area (Å²) in [5.41, 5.74) is 0.0232. The van der Waals surface area contributed by atoms with E-state index in [0.29, 0.717) is 12.3 Å². The van der Waals surface area contributed by atoms with E-state index in [1.807, 2.05) is 12.1 Å². The average Bonchev–Trinajstić information content (AvgIpc) is 2.65. The van der Waals surface area contributed by atoms with Gasteiger partial charge in [0.2, 0.25) is 0 Å². The van der Waals surface area contributed by atoms with Gasteiger partial charge in [-0.15, -0.1) is 0 Å². The van der Waals surface area contributed by atoms with Crippen LogP contribution in [0.25, 0.3) is 0 Å². The molecule has 7 heteroatoms. The molecule has 6 nitrogen and oxygen atoms in total. The molecular formula is C22H34MgN2O4. The SMILES string of the molecule is CCCCCCCCOc1ccc(NC(=O)[C@H]([CH]=[Mg])NC(=O)OC(C)(C)C)cc1. The molecule has 0 saturated heterocycles. The first kappa shape index (κ1) is 25.4. The number of carbonyl (C=O) groups excluding carboxylic acids is 2. The van der Waals surface area contributed by atoms with Crippen molar-refractivity contribution < 1.29 is 19.1 Å². The van der Waals surface area contributed by atoms with Crippen LogP contribution in [0.3, 0.4) is 0 Å². The fraction of sp³-hybridized carbons (Fsp3) is 0.591. The van der Waals surface area contributed by atoms with Crippen molar-refractivity contribution in [3.63, 3.8) is 0 Å². The molecule has 2 N–H and O–H groups in total. The molecule has 158 valence electrons. The van der Waals surface area contributed by atoms with E-state index in [1.54, 1.807) is 37.0 Å². The van der Waals surface area contributed by atoms with E-state index in [2.05, 4.69) is 17.6 Å². The van der Waals surface area contributed by atoms with Crippen LogP contribution in [-0.4, -0.2) is 55.6 Å². The van der Waals surface area contributed by atoms with Crippen molar-refractivity contribution in [1.82, 2.24) is 5.32 Å². The minimum atomic E-state index is -0.771. The zero-order valence-electron chi connectivity index (χ0n) is 18.3. The number of hydrogen-bond donors (Lipinski definition) is 2. The molecule has 0 aliphatic carbocycles. The van der Waals surface area contributed by atoms with Crippen molar-refractivity contribution in [2.24, 2.45) is 0 Å². The van der Waals surface area contributed by atoms with Crippen LogP contribution in [0.4, 0.5) is 10.5 Å². The number of unbranched alkanes of at least 4 members (excludes halogenated alkanes) is 5. The molecule has 0 aliphatic rings. The van der Waals surface area contributed by atoms with E-state index in [-0.39, 0.29) is 5.91 Å². The molecule has 0 fully saturated rings. The number of amides is 2. The third-order valence-corrected chi connectivity index (χ3v) is 4.55. The molecule has 1 atom stereocenters. The molecule has 0 saturated carbocycles. The van der Waals surface area contributed by atoms with Gasteiger partial charge in [-0.1, -0.05) is 32.6 Å². The first-order chi connectivity index (χ1) is 13.7. The van der Waals surface area contributed by atoms with Gasteiger partial charge >= 0.3 is 155 Å². The molecule has 0 aliphatic heterocycles. The zero-order chi connectivity index (χ0) is 21.7. The third kappa shape index (κ3) is 11.9. The summed E-state index contributed by atoms with van der Waals surface area (Å²) in [5, 5.41) is 5.35. The van der Waals surface area contributed by atoms with Gasteiger partial charge in [0.25, 0.3) is 0 Å². The number of alkyl carbamates (subject to hydrolysis) is 1. The summed E-state index contributed by atoms with van der Waals surface area (Å²) in [7, 11) is 0. The van der Waals surface area contributed by atoms with Crippen molar-refractivity contribution in [3.05, 3.63) is 24.3 Å². The standard InChI is InChI=1S/C22H34N2O4.Mg/c1-6-7-8-9-10-11-16-27-19-14-12-18(13-15-19)24-20(25)17(2)23-21(26)28-22(3,4)5;/h2,12-15,17H,6-11,16H2,1,3-5H3,(H,23,26)(H,24,25);/t17-;/m0./s1. The molecule has 2 amide bonds. The minimum absolute atomic E-state index is 0.327. The van der Waals surface area contributed by atoms with Crippen LogP contribution in [0.2, 0.25) is 0 Å². The van der Waals surface area contributed by atoms with E-state index in [9.17, 15) is 9.59 Å². The van der Waals surface area contributed by atoms with E-state index in [1.165, 1.54) is 53.3 Å². The van der Waals surface area contributed by atoms with E-state index in [4.69, 9.17) is 9.47 Å². The first-order valence-electron chi connectivity index (χ1n) is 10.4. The Balaban J connectivity index is 2.41. The summed E-state index contributed by atoms with van der Waals surface area (Å²) in [4.78, 5) is 24.3. The fourth-order valence-corrected chi connectivity index (χ4v) is 2.92. The van der Waals surface area contributed by atoms with Gasteiger partial charge in [0.05, 0.1) is 0 Å². The van der Waals surface area contributed by atoms with Gasteiger partial charge in [-0.2, -0.15) is 0 Å². The van der Waals surface area contributed by atoms with Crippen molar-refractivity contribution in [1.29, 1.82) is 0 Å². The molecular weight excluding hydrogens is 381 g/mol. The van der Waals surface area contributed by atoms with Gasteiger partial charge in [0.1, 0.15) is 0 Å². The van der Waals surface area contributed by atoms with E-state index < -0.39 is 17.7 Å². The van der Waals surface area contributed by atoms with E-state index >= 15 is 0 Å². The number of benzene rings is 1. The predicted molar refractivity (Wildman–Crippen MR) is 119 cm³/mol. The topological polar surface area (TPSA) is 76.7 Å². The maximum atomic E-state index is 12.4. The molecule has 1 aromatic carbocycles. The van der Waals surface area contributed by atoms with Gasteiger partial charge < -0.3 is 0 Å². The summed E-state index contributed by atoms with van der Waals surface area (Å²) in [6.45, 7) is 8.23. The number of anilines is 1. The number of carbonyl (C=O) groups is 2. The van der Waals surface area contributed by atoms with Crippen LogP contribution < -0.4 is 15.4 Å². The van der Waals surface area contributed by atoms with Crippen molar-refractivity contribution in [2.75, 3.05) is 11.9 Å². The van der Waals surface area contributed by atoms with E-state index in [0.717, 1.165) is 12.2 Å². The van der Waals surface area contributed by atoms with Crippen molar-refractivity contribution in [3.8, 4) is 5.75 Å². The second-order valence-corrected chi connectivity index (χ2v) is 8.46. The van der Waals surface area contributed by atoms with Gasteiger partial charge in [0, 0.05) is 0 Å². The molecule has 1 aromatic rings. The maximum absolute atomic E-state index is 12.4. The molecule has 0 bridgehead atoms. The summed E-state index contributed by atoms with van der Waals surface area (Å²) < 4.78 is 12.6. The van der Waals surface area contributed by atoms with Crippen LogP contribution in [0.1, 0.15) is 66.2 Å². The number of hydrogen-bond acceptors (Lipinski definition) is 4. The van der Waals surface area contributed by atoms with Crippen LogP contribution >= 0.6 is 0 Å². The Hall–Kier alpha value is -1.60. The number of nitrogens with one attached hydrogen (secondary N) is 2.